The minimum atomic E-state index is -3.85. The van der Waals surface area contributed by atoms with Gasteiger partial charge in [0.25, 0.3) is 9.05 Å². The Morgan fingerprint density at radius 2 is 2.08 bits per heavy atom. The summed E-state index contributed by atoms with van der Waals surface area (Å²) in [6.07, 6.45) is 0. The van der Waals surface area contributed by atoms with Crippen LogP contribution in [-0.2, 0) is 9.05 Å². The fourth-order valence-electron chi connectivity index (χ4n) is 0.758. The summed E-state index contributed by atoms with van der Waals surface area (Å²) in [6, 6.07) is 4.96. The Bertz CT molecular complexity index is 475. The minimum Gasteiger partial charge on any atom is -0.507 e. The summed E-state index contributed by atoms with van der Waals surface area (Å²) < 4.78 is 21.5. The molecule has 0 saturated carbocycles. The lowest BCUT2D eigenvalue weighted by Gasteiger charge is -1.98. The van der Waals surface area contributed by atoms with Crippen LogP contribution < -0.4 is 0 Å². The van der Waals surface area contributed by atoms with Gasteiger partial charge in [0.2, 0.25) is 0 Å². The predicted octanol–water partition coefficient (Wildman–Crippen LogP) is 1.19. The largest absolute Gasteiger partial charge is 0.507 e. The number of nitriles is 1. The van der Waals surface area contributed by atoms with Crippen molar-refractivity contribution in [1.82, 2.24) is 0 Å². The SMILES string of the molecule is N#Cc1ccc(S(=O)(=O)Cl)cc1O. The zero-order chi connectivity index (χ0) is 10.1. The molecule has 0 aliphatic heterocycles. The van der Waals surface area contributed by atoms with Crippen molar-refractivity contribution < 1.29 is 13.5 Å². The van der Waals surface area contributed by atoms with E-state index < -0.39 is 14.8 Å². The quantitative estimate of drug-likeness (QED) is 0.717. The monoisotopic (exact) mass is 217 g/mol. The molecule has 1 N–H and O–H groups in total. The van der Waals surface area contributed by atoms with Crippen LogP contribution in [0, 0.1) is 11.3 Å². The molecule has 0 saturated heterocycles. The molecule has 1 aromatic carbocycles. The summed E-state index contributed by atoms with van der Waals surface area (Å²) in [5.74, 6) is -0.399. The number of rotatable bonds is 1. The maximum atomic E-state index is 10.8. The van der Waals surface area contributed by atoms with E-state index in [1.165, 1.54) is 6.07 Å². The first kappa shape index (κ1) is 9.84. The summed E-state index contributed by atoms with van der Waals surface area (Å²) in [5, 5.41) is 17.5. The van der Waals surface area contributed by atoms with Crippen molar-refractivity contribution in [1.29, 1.82) is 5.26 Å². The number of phenols is 1. The Morgan fingerprint density at radius 1 is 1.46 bits per heavy atom. The first-order valence-electron chi connectivity index (χ1n) is 3.13. The van der Waals surface area contributed by atoms with Gasteiger partial charge < -0.3 is 5.11 Å². The molecular formula is C7H4ClNO3S. The number of nitrogens with zero attached hydrogens (tertiary/aromatic N) is 1. The van der Waals surface area contributed by atoms with Crippen molar-refractivity contribution in [2.75, 3.05) is 0 Å². The maximum Gasteiger partial charge on any atom is 0.261 e. The lowest BCUT2D eigenvalue weighted by molar-refractivity contribution is 0.471. The second-order valence-electron chi connectivity index (χ2n) is 2.23. The summed E-state index contributed by atoms with van der Waals surface area (Å²) in [6.45, 7) is 0. The summed E-state index contributed by atoms with van der Waals surface area (Å²) >= 11 is 0. The van der Waals surface area contributed by atoms with Gasteiger partial charge in [-0.3, -0.25) is 0 Å². The third-order valence-corrected chi connectivity index (χ3v) is 2.72. The van der Waals surface area contributed by atoms with Crippen molar-refractivity contribution in [3.63, 3.8) is 0 Å². The first-order valence-corrected chi connectivity index (χ1v) is 5.44. The number of phenolic OH excluding ortho intramolecular Hbond substituents is 1. The number of aromatic hydroxyl groups is 1. The van der Waals surface area contributed by atoms with Crippen LogP contribution in [0.15, 0.2) is 23.1 Å². The summed E-state index contributed by atoms with van der Waals surface area (Å²) in [7, 11) is 1.16. The Hall–Kier alpha value is -1.25. The number of hydrogen-bond donors (Lipinski definition) is 1. The van der Waals surface area contributed by atoms with Gasteiger partial charge in [-0.15, -0.1) is 0 Å². The summed E-state index contributed by atoms with van der Waals surface area (Å²) in [4.78, 5) is -0.231. The van der Waals surface area contributed by atoms with Gasteiger partial charge >= 0.3 is 0 Å². The molecule has 0 amide bonds. The van der Waals surface area contributed by atoms with E-state index in [2.05, 4.69) is 0 Å². The molecule has 0 atom stereocenters. The van der Waals surface area contributed by atoms with Crippen LogP contribution in [0.1, 0.15) is 5.56 Å². The van der Waals surface area contributed by atoms with Crippen LogP contribution in [0.2, 0.25) is 0 Å². The molecule has 0 aliphatic carbocycles. The Kier molecular flexibility index (Phi) is 2.45. The highest BCUT2D eigenvalue weighted by Crippen LogP contribution is 2.23. The van der Waals surface area contributed by atoms with Crippen molar-refractivity contribution in [2.45, 2.75) is 4.90 Å². The van der Waals surface area contributed by atoms with Crippen molar-refractivity contribution in [3.05, 3.63) is 23.8 Å². The first-order chi connectivity index (χ1) is 5.95. The number of halogens is 1. The van der Waals surface area contributed by atoms with Gasteiger partial charge in [0.05, 0.1) is 10.5 Å². The molecule has 0 fully saturated rings. The highest BCUT2D eigenvalue weighted by molar-refractivity contribution is 8.13. The van der Waals surface area contributed by atoms with Gasteiger partial charge in [0, 0.05) is 16.7 Å². The molecule has 0 heterocycles. The second kappa shape index (κ2) is 3.24. The third-order valence-electron chi connectivity index (χ3n) is 1.37. The Balaban J connectivity index is 3.36. The van der Waals surface area contributed by atoms with Gasteiger partial charge in [0.15, 0.2) is 0 Å². The van der Waals surface area contributed by atoms with Gasteiger partial charge in [-0.25, -0.2) is 8.42 Å². The lowest BCUT2D eigenvalue weighted by atomic mass is 10.2. The van der Waals surface area contributed by atoms with E-state index in [0.29, 0.717) is 0 Å². The molecule has 68 valence electrons. The van der Waals surface area contributed by atoms with E-state index in [1.807, 2.05) is 0 Å². The van der Waals surface area contributed by atoms with Crippen molar-refractivity contribution in [3.8, 4) is 11.8 Å². The molecule has 1 rings (SSSR count). The van der Waals surface area contributed by atoms with E-state index in [9.17, 15) is 8.42 Å². The van der Waals surface area contributed by atoms with Crippen molar-refractivity contribution >= 4 is 19.7 Å². The predicted molar refractivity (Wildman–Crippen MR) is 45.9 cm³/mol. The third kappa shape index (κ3) is 2.11. The maximum absolute atomic E-state index is 10.8. The molecule has 4 nitrogen and oxygen atoms in total. The molecular weight excluding hydrogens is 214 g/mol. The molecule has 0 aliphatic rings. The van der Waals surface area contributed by atoms with Crippen LogP contribution >= 0.6 is 10.7 Å². The fourth-order valence-corrected chi connectivity index (χ4v) is 1.53. The van der Waals surface area contributed by atoms with E-state index in [-0.39, 0.29) is 10.5 Å². The van der Waals surface area contributed by atoms with Crippen LogP contribution in [0.4, 0.5) is 0 Å². The molecule has 0 spiro atoms. The molecule has 1 aromatic rings. The minimum absolute atomic E-state index is 0.00377. The highest BCUT2D eigenvalue weighted by atomic mass is 35.7. The van der Waals surface area contributed by atoms with Crippen LogP contribution in [-0.4, -0.2) is 13.5 Å². The standard InChI is InChI=1S/C7H4ClNO3S/c8-13(11,12)6-2-1-5(4-9)7(10)3-6/h1-3,10H. The van der Waals surface area contributed by atoms with Gasteiger partial charge in [-0.1, -0.05) is 0 Å². The Labute approximate surface area is 79.4 Å². The molecule has 0 aromatic heterocycles. The molecule has 0 bridgehead atoms. The van der Waals surface area contributed by atoms with Gasteiger partial charge in [-0.2, -0.15) is 5.26 Å². The van der Waals surface area contributed by atoms with Crippen LogP contribution in [0.3, 0.4) is 0 Å². The zero-order valence-electron chi connectivity index (χ0n) is 6.23. The van der Waals surface area contributed by atoms with Gasteiger partial charge in [-0.05, 0) is 12.1 Å². The smallest absolute Gasteiger partial charge is 0.261 e. The molecule has 6 heteroatoms. The van der Waals surface area contributed by atoms with Gasteiger partial charge in [0.1, 0.15) is 11.8 Å². The average molecular weight is 218 g/mol. The van der Waals surface area contributed by atoms with Crippen LogP contribution in [0.25, 0.3) is 0 Å². The number of benzene rings is 1. The van der Waals surface area contributed by atoms with E-state index in [4.69, 9.17) is 21.1 Å². The molecule has 0 radical (unpaired) electrons. The van der Waals surface area contributed by atoms with Crippen LogP contribution in [0.5, 0.6) is 5.75 Å². The average Bonchev–Trinajstić information content (AvgIpc) is 2.02. The second-order valence-corrected chi connectivity index (χ2v) is 4.79. The van der Waals surface area contributed by atoms with E-state index >= 15 is 0 Å². The molecule has 0 unspecified atom stereocenters. The van der Waals surface area contributed by atoms with E-state index in [0.717, 1.165) is 12.1 Å². The normalized spacial score (nSPS) is 10.8. The molecule has 13 heavy (non-hydrogen) atoms. The Morgan fingerprint density at radius 3 is 2.46 bits per heavy atom. The van der Waals surface area contributed by atoms with Crippen molar-refractivity contribution in [2.24, 2.45) is 0 Å². The topological polar surface area (TPSA) is 78.2 Å². The van der Waals surface area contributed by atoms with E-state index in [1.54, 1.807) is 6.07 Å². The fraction of sp³-hybridized carbons (Fsp3) is 0. The zero-order valence-corrected chi connectivity index (χ0v) is 7.80. The number of hydrogen-bond acceptors (Lipinski definition) is 4. The lowest BCUT2D eigenvalue weighted by Crippen LogP contribution is -1.90. The highest BCUT2D eigenvalue weighted by Gasteiger charge is 2.12. The summed E-state index contributed by atoms with van der Waals surface area (Å²) in [5.41, 5.74) is 0.00377.